The van der Waals surface area contributed by atoms with Gasteiger partial charge >= 0.3 is 7.82 Å². The van der Waals surface area contributed by atoms with E-state index in [-0.39, 0.29) is 52.5 Å². The van der Waals surface area contributed by atoms with E-state index in [9.17, 15) is 14.3 Å². The van der Waals surface area contributed by atoms with Gasteiger partial charge in [-0.1, -0.05) is 56.3 Å². The van der Waals surface area contributed by atoms with Crippen molar-refractivity contribution in [2.45, 2.75) is 51.7 Å². The number of likely N-dealkylation sites (N-methyl/N-ethyl adjacent to an activating group) is 1. The summed E-state index contributed by atoms with van der Waals surface area (Å²) in [5.41, 5.74) is 3.72. The summed E-state index contributed by atoms with van der Waals surface area (Å²) in [5, 5.41) is 0. The van der Waals surface area contributed by atoms with E-state index >= 15 is 0 Å². The molecule has 176 valence electrons. The molecular weight excluding hydrogens is 570 g/mol. The molecule has 2 aromatic carbocycles. The molecule has 32 heavy (non-hydrogen) atoms. The Morgan fingerprint density at radius 3 is 2.50 bits per heavy atom. The maximum atomic E-state index is 13.4. The van der Waals surface area contributed by atoms with Crippen molar-refractivity contribution in [3.63, 3.8) is 0 Å². The van der Waals surface area contributed by atoms with Crippen LogP contribution in [-0.2, 0) is 26.5 Å². The monoisotopic (exact) mass is 602 g/mol. The molecule has 0 saturated heterocycles. The van der Waals surface area contributed by atoms with Crippen LogP contribution in [0.15, 0.2) is 48.5 Å². The average molecular weight is 602 g/mol. The molecule has 1 unspecified atom stereocenters. The van der Waals surface area contributed by atoms with E-state index in [1.165, 1.54) is 5.56 Å². The minimum absolute atomic E-state index is 0. The van der Waals surface area contributed by atoms with Gasteiger partial charge in [0, 0.05) is 58.5 Å². The summed E-state index contributed by atoms with van der Waals surface area (Å²) in [6.45, 7) is 7.75. The summed E-state index contributed by atoms with van der Waals surface area (Å²) in [6, 6.07) is 14.9. The molecule has 2 aromatic rings. The molecule has 1 aliphatic carbocycles. The van der Waals surface area contributed by atoms with E-state index in [2.05, 4.69) is 13.8 Å². The first kappa shape index (κ1) is 27.6. The van der Waals surface area contributed by atoms with Crippen LogP contribution in [0.5, 0.6) is 0 Å². The molecular formula is C24H31GdNO5P-. The van der Waals surface area contributed by atoms with E-state index in [4.69, 9.17) is 9.05 Å². The SMILES string of the molecule is [CH2-]COP(=O)(O)O[C@H]1Cc2ccccc2[C@H]1N(CC)C(=O)c1ccc(CCCC)cc1.[Gd]. The third-order valence-electron chi connectivity index (χ3n) is 5.63. The number of rotatable bonds is 10. The van der Waals surface area contributed by atoms with Crippen LogP contribution in [0.25, 0.3) is 0 Å². The molecule has 1 amide bonds. The zero-order chi connectivity index (χ0) is 22.4. The molecule has 0 spiro atoms. The van der Waals surface area contributed by atoms with Gasteiger partial charge in [-0.15, -0.1) is 0 Å². The minimum Gasteiger partial charge on any atom is -0.329 e. The van der Waals surface area contributed by atoms with Gasteiger partial charge in [0.15, 0.2) is 0 Å². The van der Waals surface area contributed by atoms with Gasteiger partial charge in [-0.2, -0.15) is 0 Å². The van der Waals surface area contributed by atoms with Gasteiger partial charge in [0.1, 0.15) is 0 Å². The number of phosphoric ester groups is 1. The van der Waals surface area contributed by atoms with Crippen LogP contribution in [0.2, 0.25) is 0 Å². The van der Waals surface area contributed by atoms with Crippen molar-refractivity contribution >= 4 is 13.7 Å². The van der Waals surface area contributed by atoms with E-state index < -0.39 is 20.0 Å². The molecule has 0 saturated carbocycles. The minimum atomic E-state index is -4.28. The molecule has 0 heterocycles. The first-order valence-corrected chi connectivity index (χ1v) is 12.3. The molecule has 0 bridgehead atoms. The number of amides is 1. The van der Waals surface area contributed by atoms with Crippen LogP contribution < -0.4 is 0 Å². The molecule has 0 aromatic heterocycles. The summed E-state index contributed by atoms with van der Waals surface area (Å²) < 4.78 is 22.6. The fraction of sp³-hybridized carbons (Fsp3) is 0.417. The van der Waals surface area contributed by atoms with E-state index in [0.717, 1.165) is 30.4 Å². The smallest absolute Gasteiger partial charge is 0.329 e. The second kappa shape index (κ2) is 12.7. The maximum absolute atomic E-state index is 13.4. The van der Waals surface area contributed by atoms with Gasteiger partial charge < -0.3 is 21.2 Å². The van der Waals surface area contributed by atoms with E-state index in [1.807, 2.05) is 55.5 Å². The molecule has 0 radical (unpaired) electrons. The first-order chi connectivity index (χ1) is 14.9. The number of benzene rings is 2. The van der Waals surface area contributed by atoms with Crippen LogP contribution in [-0.4, -0.2) is 35.0 Å². The molecule has 0 aliphatic heterocycles. The number of nitrogens with zero attached hydrogens (tertiary/aromatic N) is 1. The number of carbonyl (C=O) groups is 1. The summed E-state index contributed by atoms with van der Waals surface area (Å²) in [4.78, 5) is 25.2. The largest absolute Gasteiger partial charge is 0.469 e. The zero-order valence-corrected chi connectivity index (χ0v) is 21.7. The molecule has 6 nitrogen and oxygen atoms in total. The average Bonchev–Trinajstić information content (AvgIpc) is 3.10. The van der Waals surface area contributed by atoms with E-state index in [1.54, 1.807) is 4.90 Å². The Morgan fingerprint density at radius 2 is 1.88 bits per heavy atom. The second-order valence-electron chi connectivity index (χ2n) is 7.69. The standard InChI is InChI=1S/C24H31NO5P.Gd/c1-4-7-10-18-13-15-19(16-14-18)24(26)25(5-2)23-21-12-9-8-11-20(21)17-22(23)30-31(27,28)29-6-3;/h8-9,11-16,22-23H,3-7,10,17H2,1-2H3,(H,27,28);/q-1;/t22-,23+;/m0./s1. The fourth-order valence-corrected chi connectivity index (χ4v) is 4.97. The maximum Gasteiger partial charge on any atom is 0.469 e. The zero-order valence-electron chi connectivity index (χ0n) is 18.6. The quantitative estimate of drug-likeness (QED) is 0.302. The summed E-state index contributed by atoms with van der Waals surface area (Å²) >= 11 is 0. The van der Waals surface area contributed by atoms with Gasteiger partial charge in [-0.25, -0.2) is 4.57 Å². The van der Waals surface area contributed by atoms with Crippen molar-refractivity contribution in [2.24, 2.45) is 0 Å². The third kappa shape index (κ3) is 6.69. The molecule has 8 heteroatoms. The number of phosphoric acid groups is 1. The number of fused-ring (bicyclic) bond motifs is 1. The van der Waals surface area contributed by atoms with Crippen molar-refractivity contribution in [2.75, 3.05) is 13.2 Å². The van der Waals surface area contributed by atoms with Crippen molar-refractivity contribution < 1.29 is 63.2 Å². The normalized spacial score (nSPS) is 19.0. The number of carbonyl (C=O) groups excluding carboxylic acids is 1. The van der Waals surface area contributed by atoms with E-state index in [0.29, 0.717) is 18.5 Å². The molecule has 1 N–H and O–H groups in total. The second-order valence-corrected chi connectivity index (χ2v) is 9.09. The third-order valence-corrected chi connectivity index (χ3v) is 6.67. The van der Waals surface area contributed by atoms with Crippen molar-refractivity contribution in [3.8, 4) is 0 Å². The first-order valence-electron chi connectivity index (χ1n) is 10.8. The Hall–Kier alpha value is -0.655. The summed E-state index contributed by atoms with van der Waals surface area (Å²) in [6.07, 6.45) is 2.97. The number of hydrogen-bond acceptors (Lipinski definition) is 4. The van der Waals surface area contributed by atoms with Crippen LogP contribution >= 0.6 is 7.82 Å². The van der Waals surface area contributed by atoms with Crippen molar-refractivity contribution in [1.82, 2.24) is 4.90 Å². The fourth-order valence-electron chi connectivity index (χ4n) is 4.15. The number of hydrogen-bond donors (Lipinski definition) is 1. The number of unbranched alkanes of at least 4 members (excludes halogenated alkanes) is 1. The van der Waals surface area contributed by atoms with Crippen LogP contribution in [0.3, 0.4) is 0 Å². The van der Waals surface area contributed by atoms with Crippen LogP contribution in [0.4, 0.5) is 0 Å². The predicted octanol–water partition coefficient (Wildman–Crippen LogP) is 5.12. The Balaban J connectivity index is 0.00000363. The molecule has 3 atom stereocenters. The van der Waals surface area contributed by atoms with Gasteiger partial charge in [-0.05, 0) is 48.6 Å². The summed E-state index contributed by atoms with van der Waals surface area (Å²) in [7, 11) is -4.28. The Kier molecular flexibility index (Phi) is 11.0. The van der Waals surface area contributed by atoms with Crippen molar-refractivity contribution in [3.05, 3.63) is 77.7 Å². The predicted molar refractivity (Wildman–Crippen MR) is 121 cm³/mol. The Morgan fingerprint density at radius 1 is 1.19 bits per heavy atom. The summed E-state index contributed by atoms with van der Waals surface area (Å²) in [5.74, 6) is -0.134. The van der Waals surface area contributed by atoms with Gasteiger partial charge in [0.2, 0.25) is 0 Å². The van der Waals surface area contributed by atoms with Crippen LogP contribution in [0, 0.1) is 46.9 Å². The molecule has 1 aliphatic rings. The topological polar surface area (TPSA) is 76.1 Å². The van der Waals surface area contributed by atoms with Gasteiger partial charge in [0.25, 0.3) is 5.91 Å². The Bertz CT molecular complexity index is 936. The van der Waals surface area contributed by atoms with Crippen LogP contribution in [0.1, 0.15) is 59.8 Å². The molecule has 3 rings (SSSR count). The molecule has 0 fully saturated rings. The van der Waals surface area contributed by atoms with Crippen molar-refractivity contribution in [1.29, 1.82) is 0 Å². The number of aryl methyl sites for hydroxylation is 1. The van der Waals surface area contributed by atoms with Gasteiger partial charge in [0.05, 0.1) is 12.1 Å². The van der Waals surface area contributed by atoms with Gasteiger partial charge in [-0.3, -0.25) is 9.32 Å². The Labute approximate surface area is 223 Å².